The lowest BCUT2D eigenvalue weighted by Gasteiger charge is -2.11. The number of aromatic nitrogens is 3. The minimum atomic E-state index is -0.466. The second kappa shape index (κ2) is 9.96. The van der Waals surface area contributed by atoms with Crippen molar-refractivity contribution in [1.82, 2.24) is 25.4 Å². The minimum absolute atomic E-state index is 0.0270. The molecule has 26 heavy (non-hydrogen) atoms. The third-order valence-corrected chi connectivity index (χ3v) is 4.86. The first kappa shape index (κ1) is 20.0. The number of hydrogen-bond donors (Lipinski definition) is 2. The van der Waals surface area contributed by atoms with E-state index in [-0.39, 0.29) is 17.7 Å². The average Bonchev–Trinajstić information content (AvgIpc) is 3.02. The van der Waals surface area contributed by atoms with Crippen LogP contribution in [0.3, 0.4) is 0 Å². The summed E-state index contributed by atoms with van der Waals surface area (Å²) in [6, 6.07) is 9.62. The molecule has 1 heterocycles. The number of imide groups is 1. The number of carbonyl (C=O) groups is 2. The summed E-state index contributed by atoms with van der Waals surface area (Å²) in [5.74, 6) is 0.611. The Labute approximate surface area is 158 Å². The zero-order valence-corrected chi connectivity index (χ0v) is 16.2. The van der Waals surface area contributed by atoms with Gasteiger partial charge in [0.25, 0.3) is 0 Å². The molecule has 7 nitrogen and oxygen atoms in total. The van der Waals surface area contributed by atoms with E-state index in [2.05, 4.69) is 20.8 Å². The summed E-state index contributed by atoms with van der Waals surface area (Å²) in [7, 11) is 0. The molecule has 1 aromatic heterocycles. The fraction of sp³-hybridized carbons (Fsp3) is 0.444. The normalized spacial score (nSPS) is 11.8. The largest absolute Gasteiger partial charge is 0.335 e. The van der Waals surface area contributed by atoms with E-state index in [1.54, 1.807) is 0 Å². The molecule has 0 unspecified atom stereocenters. The van der Waals surface area contributed by atoms with Gasteiger partial charge in [0, 0.05) is 19.0 Å². The van der Waals surface area contributed by atoms with Gasteiger partial charge in [-0.25, -0.2) is 4.79 Å². The van der Waals surface area contributed by atoms with Crippen LogP contribution >= 0.6 is 11.8 Å². The van der Waals surface area contributed by atoms with Crippen molar-refractivity contribution in [2.24, 2.45) is 0 Å². The molecule has 0 spiro atoms. The van der Waals surface area contributed by atoms with E-state index < -0.39 is 6.03 Å². The molecule has 0 aliphatic carbocycles. The van der Waals surface area contributed by atoms with Gasteiger partial charge in [-0.3, -0.25) is 10.1 Å². The number of urea groups is 1. The number of thioether (sulfide) groups is 1. The number of nitrogens with one attached hydrogen (secondary N) is 2. The summed E-state index contributed by atoms with van der Waals surface area (Å²) < 4.78 is 1.99. The van der Waals surface area contributed by atoms with Crippen molar-refractivity contribution in [2.75, 3.05) is 5.75 Å². The number of nitrogens with zero attached hydrogens (tertiary/aromatic N) is 3. The molecule has 2 aromatic rings. The first-order chi connectivity index (χ1) is 12.5. The summed E-state index contributed by atoms with van der Waals surface area (Å²) in [6.45, 7) is 6.58. The SMILES string of the molecule is CC[C@@H](C)NC(=O)NC(=O)CSc1nnc(Cc2ccccc2)n1CC. The van der Waals surface area contributed by atoms with Crippen molar-refractivity contribution < 1.29 is 9.59 Å². The van der Waals surface area contributed by atoms with Crippen LogP contribution in [-0.4, -0.2) is 38.5 Å². The molecule has 1 aromatic carbocycles. The second-order valence-corrected chi connectivity index (χ2v) is 6.87. The Kier molecular flexibility index (Phi) is 7.65. The molecule has 0 fully saturated rings. The molecule has 8 heteroatoms. The van der Waals surface area contributed by atoms with Gasteiger partial charge in [0.15, 0.2) is 5.16 Å². The maximum absolute atomic E-state index is 11.9. The zero-order valence-electron chi connectivity index (χ0n) is 15.4. The molecular formula is C18H25N5O2S. The number of benzene rings is 1. The minimum Gasteiger partial charge on any atom is -0.335 e. The maximum Gasteiger partial charge on any atom is 0.321 e. The fourth-order valence-electron chi connectivity index (χ4n) is 2.31. The van der Waals surface area contributed by atoms with Gasteiger partial charge in [-0.1, -0.05) is 49.0 Å². The number of hydrogen-bond acceptors (Lipinski definition) is 5. The van der Waals surface area contributed by atoms with E-state index in [1.165, 1.54) is 11.8 Å². The third-order valence-electron chi connectivity index (χ3n) is 3.89. The molecule has 0 aliphatic heterocycles. The van der Waals surface area contributed by atoms with Crippen molar-refractivity contribution in [3.05, 3.63) is 41.7 Å². The molecule has 1 atom stereocenters. The zero-order chi connectivity index (χ0) is 18.9. The van der Waals surface area contributed by atoms with Gasteiger partial charge in [-0.2, -0.15) is 0 Å². The van der Waals surface area contributed by atoms with E-state index in [9.17, 15) is 9.59 Å². The highest BCUT2D eigenvalue weighted by Crippen LogP contribution is 2.18. The van der Waals surface area contributed by atoms with Crippen LogP contribution in [0.15, 0.2) is 35.5 Å². The highest BCUT2D eigenvalue weighted by atomic mass is 32.2. The van der Waals surface area contributed by atoms with Gasteiger partial charge in [0.1, 0.15) is 5.82 Å². The van der Waals surface area contributed by atoms with Crippen molar-refractivity contribution >= 4 is 23.7 Å². The van der Waals surface area contributed by atoms with Gasteiger partial charge in [0.05, 0.1) is 5.75 Å². The molecular weight excluding hydrogens is 350 g/mol. The molecule has 2 rings (SSSR count). The molecule has 2 N–H and O–H groups in total. The van der Waals surface area contributed by atoms with E-state index >= 15 is 0 Å². The molecule has 3 amide bonds. The lowest BCUT2D eigenvalue weighted by molar-refractivity contribution is -0.117. The van der Waals surface area contributed by atoms with Crippen molar-refractivity contribution in [2.45, 2.75) is 51.4 Å². The monoisotopic (exact) mass is 375 g/mol. The molecule has 0 aliphatic rings. The predicted octanol–water partition coefficient (Wildman–Crippen LogP) is 2.61. The van der Waals surface area contributed by atoms with E-state index in [1.807, 2.05) is 55.7 Å². The highest BCUT2D eigenvalue weighted by Gasteiger charge is 2.15. The molecule has 0 saturated heterocycles. The smallest absolute Gasteiger partial charge is 0.321 e. The first-order valence-electron chi connectivity index (χ1n) is 8.72. The standard InChI is InChI=1S/C18H25N5O2S/c1-4-13(3)19-17(25)20-16(24)12-26-18-22-21-15(23(18)5-2)11-14-9-7-6-8-10-14/h6-10,13H,4-5,11-12H2,1-3H3,(H2,19,20,24,25)/t13-/m1/s1. The summed E-state index contributed by atoms with van der Waals surface area (Å²) in [5.41, 5.74) is 1.16. The van der Waals surface area contributed by atoms with Crippen LogP contribution in [0.1, 0.15) is 38.6 Å². The van der Waals surface area contributed by atoms with Gasteiger partial charge in [-0.15, -0.1) is 10.2 Å². The fourth-order valence-corrected chi connectivity index (χ4v) is 3.13. The van der Waals surface area contributed by atoms with Crippen LogP contribution in [0.4, 0.5) is 4.79 Å². The Morgan fingerprint density at radius 3 is 2.58 bits per heavy atom. The summed E-state index contributed by atoms with van der Waals surface area (Å²) >= 11 is 1.28. The Morgan fingerprint density at radius 2 is 1.92 bits per heavy atom. The third kappa shape index (κ3) is 5.87. The molecule has 0 radical (unpaired) electrons. The number of carbonyl (C=O) groups excluding carboxylic acids is 2. The Morgan fingerprint density at radius 1 is 1.19 bits per heavy atom. The van der Waals surface area contributed by atoms with E-state index in [0.29, 0.717) is 18.1 Å². The molecule has 0 bridgehead atoms. The lowest BCUT2D eigenvalue weighted by Crippen LogP contribution is -2.43. The van der Waals surface area contributed by atoms with E-state index in [0.717, 1.165) is 17.8 Å². The second-order valence-electron chi connectivity index (χ2n) is 5.93. The van der Waals surface area contributed by atoms with Gasteiger partial charge in [0.2, 0.25) is 5.91 Å². The molecule has 140 valence electrons. The van der Waals surface area contributed by atoms with Crippen molar-refractivity contribution in [3.63, 3.8) is 0 Å². The van der Waals surface area contributed by atoms with Gasteiger partial charge >= 0.3 is 6.03 Å². The molecule has 0 saturated carbocycles. The summed E-state index contributed by atoms with van der Waals surface area (Å²) in [4.78, 5) is 23.6. The summed E-state index contributed by atoms with van der Waals surface area (Å²) in [6.07, 6.45) is 1.49. The topological polar surface area (TPSA) is 88.9 Å². The average molecular weight is 375 g/mol. The van der Waals surface area contributed by atoms with Crippen LogP contribution in [0.5, 0.6) is 0 Å². The maximum atomic E-state index is 11.9. The lowest BCUT2D eigenvalue weighted by atomic mass is 10.1. The van der Waals surface area contributed by atoms with Crippen LogP contribution in [0.2, 0.25) is 0 Å². The highest BCUT2D eigenvalue weighted by molar-refractivity contribution is 7.99. The number of rotatable bonds is 8. The van der Waals surface area contributed by atoms with E-state index in [4.69, 9.17) is 0 Å². The quantitative estimate of drug-likeness (QED) is 0.692. The predicted molar refractivity (Wildman–Crippen MR) is 102 cm³/mol. The van der Waals surface area contributed by atoms with Crippen molar-refractivity contribution in [1.29, 1.82) is 0 Å². The van der Waals surface area contributed by atoms with Crippen LogP contribution < -0.4 is 10.6 Å². The van der Waals surface area contributed by atoms with Gasteiger partial charge < -0.3 is 9.88 Å². The van der Waals surface area contributed by atoms with Crippen LogP contribution in [0, 0.1) is 0 Å². The Bertz CT molecular complexity index is 732. The summed E-state index contributed by atoms with van der Waals surface area (Å²) in [5, 5.41) is 14.2. The van der Waals surface area contributed by atoms with Crippen molar-refractivity contribution in [3.8, 4) is 0 Å². The Hall–Kier alpha value is -2.35. The van der Waals surface area contributed by atoms with Crippen LogP contribution in [0.25, 0.3) is 0 Å². The Balaban J connectivity index is 1.91. The van der Waals surface area contributed by atoms with Gasteiger partial charge in [-0.05, 0) is 25.8 Å². The first-order valence-corrected chi connectivity index (χ1v) is 9.71. The van der Waals surface area contributed by atoms with Crippen LogP contribution in [-0.2, 0) is 17.8 Å². The number of amides is 3.